The number of hydrogen-bond donors (Lipinski definition) is 2. The molecule has 54 heavy (non-hydrogen) atoms. The van der Waals surface area contributed by atoms with Crippen molar-refractivity contribution in [3.05, 3.63) is 123 Å². The molecule has 2 aliphatic rings. The summed E-state index contributed by atoms with van der Waals surface area (Å²) >= 11 is 0. The second kappa shape index (κ2) is 13.6. The maximum atomic E-state index is 15.2. The first-order valence-corrected chi connectivity index (χ1v) is 15.4. The van der Waals surface area contributed by atoms with Gasteiger partial charge in [-0.3, -0.25) is 19.2 Å². The SMILES string of the molecule is C#CC/C=C(\C=C(/CC)C(=O)O)N1C(=O)c2ccc(C(c3ccc4c(c3)C(=O)N(c3cc(C#C)cc(C(=O)O)c3)C4=O)(C(F)(F)F)C(F)(F)F)cc2C1=O. The molecule has 0 atom stereocenters. The van der Waals surface area contributed by atoms with Crippen molar-refractivity contribution in [2.45, 2.75) is 37.5 Å². The minimum atomic E-state index is -6.25. The molecule has 3 aromatic rings. The first kappa shape index (κ1) is 38.3. The fourth-order valence-corrected chi connectivity index (χ4v) is 6.22. The number of carboxylic acids is 2. The highest BCUT2D eigenvalue weighted by Gasteiger charge is 2.73. The zero-order chi connectivity index (χ0) is 40.1. The number of allylic oxidation sites excluding steroid dienone is 2. The molecule has 0 bridgehead atoms. The fraction of sp³-hybridized carbons (Fsp3) is 0.158. The summed E-state index contributed by atoms with van der Waals surface area (Å²) in [6, 6.07) is 5.25. The van der Waals surface area contributed by atoms with E-state index < -0.39 is 98.0 Å². The molecule has 0 aromatic heterocycles. The number of carbonyl (C=O) groups is 6. The van der Waals surface area contributed by atoms with Crippen LogP contribution >= 0.6 is 0 Å². The third kappa shape index (κ3) is 5.97. The number of terminal acetylenes is 2. The topological polar surface area (TPSA) is 149 Å². The first-order chi connectivity index (χ1) is 25.2. The standard InChI is InChI=1S/C38H22F6N2O8/c1-4-7-8-24(15-20(6-3)34(51)52)45-30(47)26-11-9-22(17-28(26)32(45)49)36(37(39,40)41,38(42,43)44)23-10-12-27-29(18-23)33(50)46(31(27)48)25-14-19(5-2)13-21(16-25)35(53)54/h1-2,8-18H,6-7H2,3H3,(H,51,52)(H,53,54)/b20-15+,24-8+. The molecule has 0 saturated carbocycles. The van der Waals surface area contributed by atoms with E-state index in [1.807, 2.05) is 0 Å². The molecule has 3 aromatic carbocycles. The minimum Gasteiger partial charge on any atom is -0.478 e. The number of amides is 4. The summed E-state index contributed by atoms with van der Waals surface area (Å²) in [5, 5.41) is 18.9. The van der Waals surface area contributed by atoms with Gasteiger partial charge in [-0.25, -0.2) is 19.4 Å². The second-order valence-corrected chi connectivity index (χ2v) is 11.7. The summed E-state index contributed by atoms with van der Waals surface area (Å²) in [4.78, 5) is 77.9. The molecular formula is C38H22F6N2O8. The van der Waals surface area contributed by atoms with Gasteiger partial charge in [-0.1, -0.05) is 25.0 Å². The number of hydrogen-bond acceptors (Lipinski definition) is 6. The molecule has 0 aliphatic carbocycles. The van der Waals surface area contributed by atoms with E-state index in [4.69, 9.17) is 12.8 Å². The molecule has 0 fully saturated rings. The summed E-state index contributed by atoms with van der Waals surface area (Å²) < 4.78 is 91.4. The van der Waals surface area contributed by atoms with Crippen molar-refractivity contribution < 1.29 is 65.3 Å². The Hall–Kier alpha value is -6.94. The van der Waals surface area contributed by atoms with Crippen LogP contribution in [0.5, 0.6) is 0 Å². The van der Waals surface area contributed by atoms with Gasteiger partial charge < -0.3 is 10.2 Å². The lowest BCUT2D eigenvalue weighted by molar-refractivity contribution is -0.288. The number of aliphatic carboxylic acids is 1. The van der Waals surface area contributed by atoms with E-state index in [0.29, 0.717) is 34.1 Å². The molecule has 2 aliphatic heterocycles. The van der Waals surface area contributed by atoms with Gasteiger partial charge in [0, 0.05) is 23.3 Å². The Balaban J connectivity index is 1.69. The van der Waals surface area contributed by atoms with Crippen LogP contribution in [0.25, 0.3) is 0 Å². The number of imide groups is 2. The predicted molar refractivity (Wildman–Crippen MR) is 176 cm³/mol. The van der Waals surface area contributed by atoms with Crippen LogP contribution in [0.3, 0.4) is 0 Å². The van der Waals surface area contributed by atoms with E-state index in [0.717, 1.165) is 30.4 Å². The van der Waals surface area contributed by atoms with Crippen LogP contribution in [-0.2, 0) is 10.2 Å². The number of aromatic carboxylic acids is 1. The van der Waals surface area contributed by atoms with Crippen molar-refractivity contribution in [2.24, 2.45) is 0 Å². The van der Waals surface area contributed by atoms with Gasteiger partial charge in [-0.15, -0.1) is 18.8 Å². The van der Waals surface area contributed by atoms with Gasteiger partial charge in [0.1, 0.15) is 0 Å². The average molecular weight is 749 g/mol. The summed E-state index contributed by atoms with van der Waals surface area (Å²) in [6.07, 6.45) is -0.207. The van der Waals surface area contributed by atoms with E-state index in [-0.39, 0.29) is 41.8 Å². The van der Waals surface area contributed by atoms with Crippen molar-refractivity contribution in [1.29, 1.82) is 0 Å². The summed E-state index contributed by atoms with van der Waals surface area (Å²) in [5.74, 6) is -3.80. The number of fused-ring (bicyclic) bond motifs is 2. The molecule has 16 heteroatoms. The lowest BCUT2D eigenvalue weighted by Crippen LogP contribution is -2.55. The molecule has 0 saturated heterocycles. The molecule has 10 nitrogen and oxygen atoms in total. The van der Waals surface area contributed by atoms with Crippen molar-refractivity contribution in [3.8, 4) is 24.7 Å². The third-order valence-corrected chi connectivity index (χ3v) is 8.74. The number of rotatable bonds is 9. The maximum Gasteiger partial charge on any atom is 0.411 e. The Kier molecular flexibility index (Phi) is 9.61. The highest BCUT2D eigenvalue weighted by molar-refractivity contribution is 6.34. The smallest absolute Gasteiger partial charge is 0.411 e. The number of benzene rings is 3. The Bertz CT molecular complexity index is 2340. The Morgan fingerprint density at radius 1 is 0.759 bits per heavy atom. The second-order valence-electron chi connectivity index (χ2n) is 11.7. The predicted octanol–water partition coefficient (Wildman–Crippen LogP) is 6.50. The summed E-state index contributed by atoms with van der Waals surface area (Å²) in [5.41, 5.74) is -12.8. The van der Waals surface area contributed by atoms with Gasteiger partial charge in [0.15, 0.2) is 0 Å². The molecule has 0 spiro atoms. The quantitative estimate of drug-likeness (QED) is 0.0829. The lowest BCUT2D eigenvalue weighted by atomic mass is 9.71. The number of alkyl halides is 6. The molecule has 2 N–H and O–H groups in total. The highest BCUT2D eigenvalue weighted by Crippen LogP contribution is 2.57. The third-order valence-electron chi connectivity index (χ3n) is 8.74. The molecule has 0 unspecified atom stereocenters. The van der Waals surface area contributed by atoms with E-state index >= 15 is 26.3 Å². The van der Waals surface area contributed by atoms with Crippen LogP contribution in [0.15, 0.2) is 78.0 Å². The van der Waals surface area contributed by atoms with E-state index in [2.05, 4.69) is 11.8 Å². The van der Waals surface area contributed by atoms with Gasteiger partial charge in [0.2, 0.25) is 5.41 Å². The van der Waals surface area contributed by atoms with E-state index in [9.17, 15) is 39.0 Å². The molecule has 2 heterocycles. The molecule has 5 rings (SSSR count). The van der Waals surface area contributed by atoms with Crippen LogP contribution in [0.1, 0.15) is 88.2 Å². The van der Waals surface area contributed by atoms with Crippen LogP contribution in [0, 0.1) is 24.7 Å². The van der Waals surface area contributed by atoms with Gasteiger partial charge in [-0.2, -0.15) is 26.3 Å². The summed E-state index contributed by atoms with van der Waals surface area (Å²) in [7, 11) is 0. The molecular weight excluding hydrogens is 726 g/mol. The van der Waals surface area contributed by atoms with Gasteiger partial charge in [0.05, 0.1) is 33.5 Å². The van der Waals surface area contributed by atoms with Crippen LogP contribution < -0.4 is 4.90 Å². The largest absolute Gasteiger partial charge is 0.478 e. The lowest BCUT2D eigenvalue weighted by Gasteiger charge is -2.38. The van der Waals surface area contributed by atoms with Gasteiger partial charge in [0.25, 0.3) is 23.6 Å². The van der Waals surface area contributed by atoms with Crippen molar-refractivity contribution >= 4 is 41.3 Å². The van der Waals surface area contributed by atoms with Crippen molar-refractivity contribution in [3.63, 3.8) is 0 Å². The Morgan fingerprint density at radius 2 is 1.28 bits per heavy atom. The van der Waals surface area contributed by atoms with Crippen LogP contribution in [0.4, 0.5) is 32.0 Å². The maximum absolute atomic E-state index is 15.2. The zero-order valence-corrected chi connectivity index (χ0v) is 27.4. The Labute approximate surface area is 301 Å². The number of halogens is 6. The minimum absolute atomic E-state index is 0.108. The number of nitrogens with zero attached hydrogens (tertiary/aromatic N) is 2. The molecule has 0 radical (unpaired) electrons. The molecule has 274 valence electrons. The highest BCUT2D eigenvalue weighted by atomic mass is 19.4. The number of carboxylic acid groups (broad SMARTS) is 2. The Morgan fingerprint density at radius 3 is 1.76 bits per heavy atom. The zero-order valence-electron chi connectivity index (χ0n) is 27.4. The monoisotopic (exact) mass is 748 g/mol. The van der Waals surface area contributed by atoms with E-state index in [1.54, 1.807) is 0 Å². The van der Waals surface area contributed by atoms with Crippen LogP contribution in [-0.4, -0.2) is 63.0 Å². The van der Waals surface area contributed by atoms with Crippen molar-refractivity contribution in [2.75, 3.05) is 4.90 Å². The van der Waals surface area contributed by atoms with Gasteiger partial charge >= 0.3 is 24.3 Å². The first-order valence-electron chi connectivity index (χ1n) is 15.4. The number of anilines is 1. The molecule has 4 amide bonds. The average Bonchev–Trinajstić information content (AvgIpc) is 3.50. The van der Waals surface area contributed by atoms with E-state index in [1.165, 1.54) is 6.92 Å². The fourth-order valence-electron chi connectivity index (χ4n) is 6.22. The number of carbonyl (C=O) groups excluding carboxylic acids is 4. The van der Waals surface area contributed by atoms with Crippen LogP contribution in [0.2, 0.25) is 0 Å². The van der Waals surface area contributed by atoms with Gasteiger partial charge in [-0.05, 0) is 72.2 Å². The summed E-state index contributed by atoms with van der Waals surface area (Å²) in [6.45, 7) is 1.44. The normalized spacial score (nSPS) is 14.9. The van der Waals surface area contributed by atoms with Crippen molar-refractivity contribution in [1.82, 2.24) is 4.90 Å².